The minimum atomic E-state index is -0.0536. The van der Waals surface area contributed by atoms with Crippen LogP contribution in [0.3, 0.4) is 0 Å². The van der Waals surface area contributed by atoms with Gasteiger partial charge in [-0.3, -0.25) is 9.36 Å². The molecule has 0 amide bonds. The zero-order valence-corrected chi connectivity index (χ0v) is 17.9. The molecule has 31 heavy (non-hydrogen) atoms. The highest BCUT2D eigenvalue weighted by molar-refractivity contribution is 5.77. The smallest absolute Gasteiger partial charge is 0.261 e. The van der Waals surface area contributed by atoms with Crippen molar-refractivity contribution in [3.63, 3.8) is 0 Å². The summed E-state index contributed by atoms with van der Waals surface area (Å²) < 4.78 is 8.86. The topological polar surface area (TPSA) is 90.4 Å². The van der Waals surface area contributed by atoms with Crippen molar-refractivity contribution in [2.75, 3.05) is 25.2 Å². The summed E-state index contributed by atoms with van der Waals surface area (Å²) in [6, 6.07) is 7.47. The van der Waals surface area contributed by atoms with Crippen molar-refractivity contribution in [1.29, 1.82) is 0 Å². The number of hydrogen-bond acceptors (Lipinski definition) is 7. The van der Waals surface area contributed by atoms with E-state index < -0.39 is 0 Å². The van der Waals surface area contributed by atoms with Crippen LogP contribution in [0, 0.1) is 13.8 Å². The van der Waals surface area contributed by atoms with E-state index >= 15 is 0 Å². The first-order valence-electron chi connectivity index (χ1n) is 10.5. The van der Waals surface area contributed by atoms with Gasteiger partial charge in [0, 0.05) is 24.9 Å². The molecule has 4 heterocycles. The summed E-state index contributed by atoms with van der Waals surface area (Å²) >= 11 is 0. The number of methoxy groups -OCH3 is 1. The molecule has 1 fully saturated rings. The standard InChI is InChI=1S/C22H25N7O2/c1-14-15(2)25-22-23-13-24-29(22)20(14)27-10-6-9-18(27)19-26-17-8-5-4-7-16(17)21(30)28(19)11-12-31-3/h4-5,7-8,13,18H,6,9-12H2,1-3H3. The molecule has 0 aliphatic carbocycles. The van der Waals surface area contributed by atoms with Gasteiger partial charge >= 0.3 is 0 Å². The van der Waals surface area contributed by atoms with E-state index in [-0.39, 0.29) is 11.6 Å². The summed E-state index contributed by atoms with van der Waals surface area (Å²) in [5.74, 6) is 2.30. The Kier molecular flexibility index (Phi) is 4.90. The van der Waals surface area contributed by atoms with Crippen molar-refractivity contribution in [2.24, 2.45) is 0 Å². The number of fused-ring (bicyclic) bond motifs is 2. The van der Waals surface area contributed by atoms with Crippen molar-refractivity contribution in [3.8, 4) is 0 Å². The largest absolute Gasteiger partial charge is 0.383 e. The predicted octanol–water partition coefficient (Wildman–Crippen LogP) is 2.44. The Hall–Kier alpha value is -3.33. The molecular formula is C22H25N7O2. The summed E-state index contributed by atoms with van der Waals surface area (Å²) in [5.41, 5.74) is 2.66. The van der Waals surface area contributed by atoms with Gasteiger partial charge in [-0.15, -0.1) is 0 Å². The Balaban J connectivity index is 1.71. The van der Waals surface area contributed by atoms with E-state index in [4.69, 9.17) is 9.72 Å². The molecule has 0 radical (unpaired) electrons. The molecular weight excluding hydrogens is 394 g/mol. The Labute approximate surface area is 179 Å². The molecule has 0 saturated carbocycles. The Morgan fingerprint density at radius 3 is 2.87 bits per heavy atom. The highest BCUT2D eigenvalue weighted by Crippen LogP contribution is 2.37. The van der Waals surface area contributed by atoms with Crippen LogP contribution in [0.25, 0.3) is 16.7 Å². The number of aromatic nitrogens is 6. The lowest BCUT2D eigenvalue weighted by molar-refractivity contribution is 0.184. The molecule has 1 aliphatic heterocycles. The fourth-order valence-corrected chi connectivity index (χ4v) is 4.48. The van der Waals surface area contributed by atoms with Crippen LogP contribution in [-0.2, 0) is 11.3 Å². The van der Waals surface area contributed by atoms with Gasteiger partial charge in [0.05, 0.1) is 30.1 Å². The van der Waals surface area contributed by atoms with Crippen LogP contribution in [0.4, 0.5) is 5.82 Å². The number of anilines is 1. The molecule has 1 unspecified atom stereocenters. The van der Waals surface area contributed by atoms with Gasteiger partial charge in [0.2, 0.25) is 0 Å². The molecule has 4 aromatic rings. The Bertz CT molecular complexity index is 1330. The third-order valence-electron chi connectivity index (χ3n) is 6.11. The third kappa shape index (κ3) is 3.16. The van der Waals surface area contributed by atoms with Crippen LogP contribution in [0.2, 0.25) is 0 Å². The Morgan fingerprint density at radius 2 is 2.03 bits per heavy atom. The van der Waals surface area contributed by atoms with Gasteiger partial charge < -0.3 is 9.64 Å². The molecule has 1 aromatic carbocycles. The van der Waals surface area contributed by atoms with E-state index in [9.17, 15) is 4.79 Å². The molecule has 1 atom stereocenters. The van der Waals surface area contributed by atoms with Gasteiger partial charge in [0.1, 0.15) is 18.0 Å². The summed E-state index contributed by atoms with van der Waals surface area (Å²) in [6.45, 7) is 5.79. The second-order valence-corrected chi connectivity index (χ2v) is 7.91. The van der Waals surface area contributed by atoms with E-state index in [0.29, 0.717) is 24.3 Å². The van der Waals surface area contributed by atoms with E-state index in [1.165, 1.54) is 6.33 Å². The predicted molar refractivity (Wildman–Crippen MR) is 117 cm³/mol. The summed E-state index contributed by atoms with van der Waals surface area (Å²) in [7, 11) is 1.64. The third-order valence-corrected chi connectivity index (χ3v) is 6.11. The molecule has 9 heteroatoms. The maximum absolute atomic E-state index is 13.4. The van der Waals surface area contributed by atoms with Crippen molar-refractivity contribution in [2.45, 2.75) is 39.3 Å². The fraction of sp³-hybridized carbons (Fsp3) is 0.409. The minimum Gasteiger partial charge on any atom is -0.383 e. The Morgan fingerprint density at radius 1 is 1.19 bits per heavy atom. The molecule has 160 valence electrons. The van der Waals surface area contributed by atoms with Crippen LogP contribution in [0.1, 0.15) is 36.0 Å². The molecule has 0 N–H and O–H groups in total. The van der Waals surface area contributed by atoms with Crippen molar-refractivity contribution < 1.29 is 4.74 Å². The second-order valence-electron chi connectivity index (χ2n) is 7.91. The first-order valence-corrected chi connectivity index (χ1v) is 10.5. The average molecular weight is 419 g/mol. The van der Waals surface area contributed by atoms with Crippen LogP contribution in [0.15, 0.2) is 35.4 Å². The number of benzene rings is 1. The zero-order chi connectivity index (χ0) is 21.5. The normalized spacial score (nSPS) is 16.6. The lowest BCUT2D eigenvalue weighted by Gasteiger charge is -2.29. The minimum absolute atomic E-state index is 0.0296. The van der Waals surface area contributed by atoms with Crippen LogP contribution < -0.4 is 10.5 Å². The van der Waals surface area contributed by atoms with Gasteiger partial charge in [-0.25, -0.2) is 9.97 Å². The van der Waals surface area contributed by atoms with Gasteiger partial charge in [0.15, 0.2) is 0 Å². The molecule has 0 bridgehead atoms. The molecule has 1 aliphatic rings. The first-order chi connectivity index (χ1) is 15.1. The highest BCUT2D eigenvalue weighted by atomic mass is 16.5. The number of rotatable bonds is 5. The van der Waals surface area contributed by atoms with Gasteiger partial charge in [-0.05, 0) is 38.8 Å². The van der Waals surface area contributed by atoms with E-state index in [2.05, 4.69) is 26.9 Å². The first kappa shape index (κ1) is 19.6. The summed E-state index contributed by atoms with van der Waals surface area (Å²) in [6.07, 6.45) is 3.42. The van der Waals surface area contributed by atoms with Crippen LogP contribution >= 0.6 is 0 Å². The zero-order valence-electron chi connectivity index (χ0n) is 17.9. The number of nitrogens with zero attached hydrogens (tertiary/aromatic N) is 7. The van der Waals surface area contributed by atoms with E-state index in [1.807, 2.05) is 31.2 Å². The van der Waals surface area contributed by atoms with Gasteiger partial charge in [-0.1, -0.05) is 12.1 Å². The average Bonchev–Trinajstić information content (AvgIpc) is 3.43. The quantitative estimate of drug-likeness (QED) is 0.491. The molecule has 0 spiro atoms. The van der Waals surface area contributed by atoms with Crippen molar-refractivity contribution in [3.05, 3.63) is 58.0 Å². The van der Waals surface area contributed by atoms with Crippen molar-refractivity contribution in [1.82, 2.24) is 29.1 Å². The summed E-state index contributed by atoms with van der Waals surface area (Å²) in [4.78, 5) is 29.5. The maximum Gasteiger partial charge on any atom is 0.261 e. The lowest BCUT2D eigenvalue weighted by atomic mass is 10.1. The monoisotopic (exact) mass is 419 g/mol. The fourth-order valence-electron chi connectivity index (χ4n) is 4.48. The summed E-state index contributed by atoms with van der Waals surface area (Å²) in [5, 5.41) is 5.05. The highest BCUT2D eigenvalue weighted by Gasteiger charge is 2.33. The molecule has 3 aromatic heterocycles. The number of para-hydroxylation sites is 1. The molecule has 9 nitrogen and oxygen atoms in total. The van der Waals surface area contributed by atoms with Crippen molar-refractivity contribution >= 4 is 22.5 Å². The van der Waals surface area contributed by atoms with E-state index in [1.54, 1.807) is 16.2 Å². The van der Waals surface area contributed by atoms with Crippen LogP contribution in [-0.4, -0.2) is 49.4 Å². The lowest BCUT2D eigenvalue weighted by Crippen LogP contribution is -2.34. The van der Waals surface area contributed by atoms with Gasteiger partial charge in [0.25, 0.3) is 11.3 Å². The van der Waals surface area contributed by atoms with E-state index in [0.717, 1.165) is 47.8 Å². The number of aryl methyl sites for hydroxylation is 1. The molecule has 5 rings (SSSR count). The second kappa shape index (κ2) is 7.73. The number of ether oxygens (including phenoxy) is 1. The SMILES string of the molecule is COCCn1c(C2CCCN2c2c(C)c(C)nc3ncnn23)nc2ccccc2c1=O. The molecule has 1 saturated heterocycles. The maximum atomic E-state index is 13.4. The van der Waals surface area contributed by atoms with Crippen LogP contribution in [0.5, 0.6) is 0 Å². The van der Waals surface area contributed by atoms with Gasteiger partial charge in [-0.2, -0.15) is 14.6 Å². The number of hydrogen-bond donors (Lipinski definition) is 0.